The largest absolute Gasteiger partial charge is 0.328 e. The summed E-state index contributed by atoms with van der Waals surface area (Å²) < 4.78 is 30.5. The van der Waals surface area contributed by atoms with E-state index in [9.17, 15) is 13.2 Å². The van der Waals surface area contributed by atoms with Crippen molar-refractivity contribution in [2.24, 2.45) is 5.73 Å². The lowest BCUT2D eigenvalue weighted by atomic mass is 10.2. The van der Waals surface area contributed by atoms with E-state index in [0.717, 1.165) is 6.07 Å². The molecule has 0 bridgehead atoms. The van der Waals surface area contributed by atoms with Gasteiger partial charge in [-0.05, 0) is 25.5 Å². The van der Waals surface area contributed by atoms with E-state index >= 15 is 0 Å². The fourth-order valence-corrected chi connectivity index (χ4v) is 1.66. The van der Waals surface area contributed by atoms with Crippen molar-refractivity contribution in [3.63, 3.8) is 0 Å². The van der Waals surface area contributed by atoms with E-state index in [1.54, 1.807) is 6.92 Å². The molecule has 0 aliphatic carbocycles. The number of hydrogen-bond acceptors (Lipinski definition) is 5. The molecule has 1 atom stereocenters. The van der Waals surface area contributed by atoms with Crippen LogP contribution in [0.25, 0.3) is 0 Å². The molecule has 18 heavy (non-hydrogen) atoms. The Hall–Kier alpha value is -1.51. The molecule has 8 heteroatoms. The highest BCUT2D eigenvalue weighted by Crippen LogP contribution is 2.10. The normalized spacial score (nSPS) is 13.1. The van der Waals surface area contributed by atoms with Crippen molar-refractivity contribution >= 4 is 21.8 Å². The molecule has 1 aromatic heterocycles. The first-order valence-corrected chi connectivity index (χ1v) is 6.73. The van der Waals surface area contributed by atoms with Crippen LogP contribution in [0.3, 0.4) is 0 Å². The predicted octanol–water partition coefficient (Wildman–Crippen LogP) is 0.394. The fraction of sp³-hybridized carbons (Fsp3) is 0.400. The maximum Gasteiger partial charge on any atom is 0.312 e. The molecule has 0 saturated heterocycles. The van der Waals surface area contributed by atoms with Crippen molar-refractivity contribution in [3.05, 3.63) is 18.2 Å². The molecular weight excluding hydrogens is 258 g/mol. The first kappa shape index (κ1) is 14.6. The van der Waals surface area contributed by atoms with Gasteiger partial charge in [-0.2, -0.15) is 8.42 Å². The second kappa shape index (κ2) is 5.89. The zero-order chi connectivity index (χ0) is 13.8. The monoisotopic (exact) mass is 273 g/mol. The number of pyridine rings is 1. The number of carbonyl (C=O) groups is 1. The predicted molar refractivity (Wildman–Crippen MR) is 65.6 cm³/mol. The van der Waals surface area contributed by atoms with Crippen molar-refractivity contribution in [2.75, 3.05) is 5.32 Å². The van der Waals surface area contributed by atoms with Gasteiger partial charge in [0, 0.05) is 12.5 Å². The molecule has 100 valence electrons. The molecule has 0 spiro atoms. The Balaban J connectivity index is 2.71. The van der Waals surface area contributed by atoms with Gasteiger partial charge in [-0.1, -0.05) is 6.07 Å². The number of anilines is 1. The summed E-state index contributed by atoms with van der Waals surface area (Å²) >= 11 is 0. The van der Waals surface area contributed by atoms with Gasteiger partial charge in [0.25, 0.3) is 0 Å². The van der Waals surface area contributed by atoms with Crippen LogP contribution in [0.1, 0.15) is 19.8 Å². The van der Waals surface area contributed by atoms with E-state index in [1.165, 1.54) is 12.1 Å². The highest BCUT2D eigenvalue weighted by Gasteiger charge is 2.12. The van der Waals surface area contributed by atoms with Gasteiger partial charge in [-0.15, -0.1) is 0 Å². The first-order valence-electron chi connectivity index (χ1n) is 5.29. The van der Waals surface area contributed by atoms with Crippen molar-refractivity contribution in [1.82, 2.24) is 4.98 Å². The van der Waals surface area contributed by atoms with Gasteiger partial charge in [0.05, 0.1) is 0 Å². The Kier molecular flexibility index (Phi) is 4.76. The Labute approximate surface area is 105 Å². The van der Waals surface area contributed by atoms with Gasteiger partial charge in [-0.25, -0.2) is 4.98 Å². The van der Waals surface area contributed by atoms with Gasteiger partial charge in [0.2, 0.25) is 5.91 Å². The molecule has 1 heterocycles. The summed E-state index contributed by atoms with van der Waals surface area (Å²) in [4.78, 5) is 15.1. The molecule has 0 radical (unpaired) electrons. The number of rotatable bonds is 5. The van der Waals surface area contributed by atoms with Crippen LogP contribution in [0.2, 0.25) is 0 Å². The number of nitrogens with two attached hydrogens (primary N) is 1. The number of nitrogens with zero attached hydrogens (tertiary/aromatic N) is 1. The Morgan fingerprint density at radius 1 is 1.56 bits per heavy atom. The maximum atomic E-state index is 11.5. The molecule has 0 aliphatic heterocycles. The van der Waals surface area contributed by atoms with E-state index < -0.39 is 15.1 Å². The average Bonchev–Trinajstić information content (AvgIpc) is 2.25. The number of aromatic nitrogens is 1. The lowest BCUT2D eigenvalue weighted by Gasteiger charge is -2.06. The van der Waals surface area contributed by atoms with Crippen LogP contribution >= 0.6 is 0 Å². The molecule has 0 aliphatic rings. The van der Waals surface area contributed by atoms with Crippen LogP contribution < -0.4 is 11.1 Å². The topological polar surface area (TPSA) is 122 Å². The number of amides is 1. The summed E-state index contributed by atoms with van der Waals surface area (Å²) in [6.45, 7) is 1.78. The average molecular weight is 273 g/mol. The molecule has 7 nitrogen and oxygen atoms in total. The van der Waals surface area contributed by atoms with Gasteiger partial charge in [0.15, 0.2) is 5.03 Å². The SMILES string of the molecule is C[C@H](N)CCC(=O)Nc1cccc(S(=O)(=O)O)n1. The first-order chi connectivity index (χ1) is 8.29. The molecule has 0 fully saturated rings. The number of carbonyl (C=O) groups excluding carboxylic acids is 1. The van der Waals surface area contributed by atoms with Crippen LogP contribution in [0.15, 0.2) is 23.2 Å². The fourth-order valence-electron chi connectivity index (χ4n) is 1.19. The molecule has 1 rings (SSSR count). The lowest BCUT2D eigenvalue weighted by molar-refractivity contribution is -0.116. The van der Waals surface area contributed by atoms with Gasteiger partial charge >= 0.3 is 10.1 Å². The quantitative estimate of drug-likeness (QED) is 0.667. The summed E-state index contributed by atoms with van der Waals surface area (Å²) in [5, 5.41) is 1.92. The van der Waals surface area contributed by atoms with Crippen molar-refractivity contribution < 1.29 is 17.8 Å². The Morgan fingerprint density at radius 2 is 2.22 bits per heavy atom. The number of hydrogen-bond donors (Lipinski definition) is 3. The number of nitrogens with one attached hydrogen (secondary N) is 1. The molecule has 1 amide bonds. The minimum absolute atomic E-state index is 0.0693. The second-order valence-electron chi connectivity index (χ2n) is 3.90. The van der Waals surface area contributed by atoms with Crippen LogP contribution in [-0.2, 0) is 14.9 Å². The summed E-state index contributed by atoms with van der Waals surface area (Å²) in [5.74, 6) is -0.243. The van der Waals surface area contributed by atoms with E-state index in [0.29, 0.717) is 6.42 Å². The van der Waals surface area contributed by atoms with Gasteiger partial charge in [0.1, 0.15) is 5.82 Å². The van der Waals surface area contributed by atoms with E-state index in [4.69, 9.17) is 10.3 Å². The minimum atomic E-state index is -4.37. The van der Waals surface area contributed by atoms with Crippen LogP contribution in [0.4, 0.5) is 5.82 Å². The third-order valence-electron chi connectivity index (χ3n) is 2.08. The van der Waals surface area contributed by atoms with Crippen LogP contribution in [0, 0.1) is 0 Å². The maximum absolute atomic E-state index is 11.5. The molecule has 1 aromatic rings. The smallest absolute Gasteiger partial charge is 0.312 e. The summed E-state index contributed by atoms with van der Waals surface area (Å²) in [6, 6.07) is 3.84. The molecule has 0 unspecified atom stereocenters. The molecule has 0 saturated carbocycles. The highest BCUT2D eigenvalue weighted by molar-refractivity contribution is 7.85. The third kappa shape index (κ3) is 4.78. The summed E-state index contributed by atoms with van der Waals surface area (Å²) in [5.41, 5.74) is 5.51. The third-order valence-corrected chi connectivity index (χ3v) is 2.84. The lowest BCUT2D eigenvalue weighted by Crippen LogP contribution is -2.20. The molecule has 0 aromatic carbocycles. The van der Waals surface area contributed by atoms with Gasteiger partial charge in [-0.3, -0.25) is 9.35 Å². The van der Waals surface area contributed by atoms with E-state index in [1.807, 2.05) is 0 Å². The minimum Gasteiger partial charge on any atom is -0.328 e. The van der Waals surface area contributed by atoms with Crippen molar-refractivity contribution in [1.29, 1.82) is 0 Å². The summed E-state index contributed by atoms with van der Waals surface area (Å²) in [6.07, 6.45) is 0.735. The van der Waals surface area contributed by atoms with Crippen molar-refractivity contribution in [3.8, 4) is 0 Å². The van der Waals surface area contributed by atoms with E-state index in [2.05, 4.69) is 10.3 Å². The van der Waals surface area contributed by atoms with Crippen LogP contribution in [-0.4, -0.2) is 29.9 Å². The second-order valence-corrected chi connectivity index (χ2v) is 5.27. The zero-order valence-electron chi connectivity index (χ0n) is 9.83. The standard InChI is InChI=1S/C10H15N3O4S/c1-7(11)5-6-9(14)12-8-3-2-4-10(13-8)18(15,16)17/h2-4,7H,5-6,11H2,1H3,(H,12,13,14)(H,15,16,17)/t7-/m0/s1. The van der Waals surface area contributed by atoms with Gasteiger partial charge < -0.3 is 11.1 Å². The molecule has 4 N–H and O–H groups in total. The summed E-state index contributed by atoms with van der Waals surface area (Å²) in [7, 11) is -4.37. The Morgan fingerprint density at radius 3 is 2.78 bits per heavy atom. The Bertz CT molecular complexity index is 528. The van der Waals surface area contributed by atoms with E-state index in [-0.39, 0.29) is 24.2 Å². The van der Waals surface area contributed by atoms with Crippen LogP contribution in [0.5, 0.6) is 0 Å². The zero-order valence-corrected chi connectivity index (χ0v) is 10.6. The van der Waals surface area contributed by atoms with Crippen molar-refractivity contribution in [2.45, 2.75) is 30.8 Å². The highest BCUT2D eigenvalue weighted by atomic mass is 32.2. The molecular formula is C10H15N3O4S.